The molecule has 156 valence electrons. The smallest absolute Gasteiger partial charge is 0.300 e. The van der Waals surface area contributed by atoms with Gasteiger partial charge in [-0.3, -0.25) is 14.4 Å². The molecule has 0 unspecified atom stereocenters. The zero-order valence-electron chi connectivity index (χ0n) is 15.7. The van der Waals surface area contributed by atoms with Gasteiger partial charge < -0.3 is 35.4 Å². The summed E-state index contributed by atoms with van der Waals surface area (Å²) in [7, 11) is 1.58. The topological polar surface area (TPSA) is 182 Å². The number of benzene rings is 1. The Morgan fingerprint density at radius 1 is 0.852 bits per heavy atom. The molecule has 10 heteroatoms. The van der Waals surface area contributed by atoms with E-state index in [1.54, 1.807) is 19.2 Å². The van der Waals surface area contributed by atoms with Crippen LogP contribution in [0.4, 0.5) is 0 Å². The minimum atomic E-state index is -1.09. The van der Waals surface area contributed by atoms with Crippen LogP contribution in [0.5, 0.6) is 5.75 Å². The summed E-state index contributed by atoms with van der Waals surface area (Å²) in [5, 5.41) is 49.5. The average Bonchev–Trinajstić information content (AvgIpc) is 2.53. The fourth-order valence-corrected chi connectivity index (χ4v) is 1.26. The molecular formula is C17H28O10. The van der Waals surface area contributed by atoms with Crippen molar-refractivity contribution in [3.8, 4) is 5.75 Å². The molecule has 0 saturated carbocycles. The second-order valence-corrected chi connectivity index (χ2v) is 4.93. The maximum absolute atomic E-state index is 9.46. The predicted molar refractivity (Wildman–Crippen MR) is 95.7 cm³/mol. The number of carboxylic acid groups (broad SMARTS) is 3. The monoisotopic (exact) mass is 392 g/mol. The number of hydrogen-bond donors (Lipinski definition) is 6. The molecule has 0 aliphatic heterocycles. The zero-order valence-corrected chi connectivity index (χ0v) is 15.7. The van der Waals surface area contributed by atoms with E-state index in [9.17, 15) is 5.11 Å². The number of aliphatic hydroxyl groups is 3. The molecule has 27 heavy (non-hydrogen) atoms. The summed E-state index contributed by atoms with van der Waals surface area (Å²) >= 11 is 0. The van der Waals surface area contributed by atoms with Gasteiger partial charge in [-0.15, -0.1) is 0 Å². The van der Waals surface area contributed by atoms with E-state index in [2.05, 4.69) is 0 Å². The Labute approximate surface area is 157 Å². The Hall–Kier alpha value is -2.69. The van der Waals surface area contributed by atoms with Gasteiger partial charge in [0.2, 0.25) is 0 Å². The third-order valence-corrected chi connectivity index (χ3v) is 2.24. The molecule has 0 bridgehead atoms. The Bertz CT molecular complexity index is 486. The third kappa shape index (κ3) is 28.4. The number of ether oxygens (including phenoxy) is 1. The number of hydrogen-bond acceptors (Lipinski definition) is 7. The molecule has 1 aromatic rings. The molecule has 0 amide bonds. The SMILES string of the molecule is CC(=O)O.CC(=O)O.CC(=O)O.COc1ccc(C[C@@H](O)[C@H](O)CO)cc1. The molecular weight excluding hydrogens is 364 g/mol. The standard InChI is InChI=1S/C11H16O4.3C2H4O2/c1-15-9-4-2-8(3-5-9)6-10(13)11(14)7-12;3*1-2(3)4/h2-5,10-14H,6-7H2,1H3;3*1H3,(H,3,4)/t10-,11-;;;/m1.../s1. The van der Waals surface area contributed by atoms with Crippen LogP contribution in [0.15, 0.2) is 24.3 Å². The normalized spacial score (nSPS) is 10.9. The van der Waals surface area contributed by atoms with E-state index < -0.39 is 36.7 Å². The van der Waals surface area contributed by atoms with Crippen molar-refractivity contribution in [2.24, 2.45) is 0 Å². The van der Waals surface area contributed by atoms with E-state index in [1.807, 2.05) is 12.1 Å². The van der Waals surface area contributed by atoms with Crippen molar-refractivity contribution < 1.29 is 49.8 Å². The van der Waals surface area contributed by atoms with Gasteiger partial charge in [-0.25, -0.2) is 0 Å². The van der Waals surface area contributed by atoms with Crippen molar-refractivity contribution >= 4 is 17.9 Å². The molecule has 0 radical (unpaired) electrons. The molecule has 1 aromatic carbocycles. The predicted octanol–water partition coefficient (Wildman–Crippen LogP) is 0.225. The lowest BCUT2D eigenvalue weighted by Gasteiger charge is -2.15. The Kier molecular flexibility index (Phi) is 19.5. The van der Waals surface area contributed by atoms with Gasteiger partial charge in [-0.1, -0.05) is 12.1 Å². The van der Waals surface area contributed by atoms with Crippen molar-refractivity contribution in [3.05, 3.63) is 29.8 Å². The molecule has 0 spiro atoms. The maximum atomic E-state index is 9.46. The first-order chi connectivity index (χ1) is 12.4. The highest BCUT2D eigenvalue weighted by molar-refractivity contribution is 5.63. The summed E-state index contributed by atoms with van der Waals surface area (Å²) in [6.07, 6.45) is -1.72. The van der Waals surface area contributed by atoms with Gasteiger partial charge >= 0.3 is 0 Å². The first-order valence-electron chi connectivity index (χ1n) is 7.55. The van der Waals surface area contributed by atoms with Crippen LogP contribution in [0.1, 0.15) is 26.3 Å². The van der Waals surface area contributed by atoms with E-state index >= 15 is 0 Å². The Morgan fingerprint density at radius 2 is 1.19 bits per heavy atom. The minimum absolute atomic E-state index is 0.311. The molecule has 0 aromatic heterocycles. The summed E-state index contributed by atoms with van der Waals surface area (Å²) in [5.41, 5.74) is 0.885. The third-order valence-electron chi connectivity index (χ3n) is 2.24. The molecule has 10 nitrogen and oxygen atoms in total. The first kappa shape index (κ1) is 29.1. The van der Waals surface area contributed by atoms with Crippen molar-refractivity contribution in [1.82, 2.24) is 0 Å². The lowest BCUT2D eigenvalue weighted by Crippen LogP contribution is -2.30. The van der Waals surface area contributed by atoms with Gasteiger partial charge in [-0.2, -0.15) is 0 Å². The minimum Gasteiger partial charge on any atom is -0.497 e. The largest absolute Gasteiger partial charge is 0.497 e. The van der Waals surface area contributed by atoms with E-state index in [0.29, 0.717) is 6.42 Å². The van der Waals surface area contributed by atoms with Crippen LogP contribution in [-0.4, -0.2) is 74.5 Å². The van der Waals surface area contributed by atoms with Crippen LogP contribution in [-0.2, 0) is 20.8 Å². The van der Waals surface area contributed by atoms with Gasteiger partial charge in [0, 0.05) is 27.2 Å². The summed E-state index contributed by atoms with van der Waals surface area (Å²) in [4.78, 5) is 27.0. The van der Waals surface area contributed by atoms with Crippen molar-refractivity contribution in [1.29, 1.82) is 0 Å². The van der Waals surface area contributed by atoms with Crippen molar-refractivity contribution in [2.45, 2.75) is 39.4 Å². The summed E-state index contributed by atoms with van der Waals surface area (Å²) in [6.45, 7) is 2.82. The molecule has 6 N–H and O–H groups in total. The van der Waals surface area contributed by atoms with Crippen molar-refractivity contribution in [2.75, 3.05) is 13.7 Å². The number of methoxy groups -OCH3 is 1. The number of rotatable bonds is 5. The molecule has 0 heterocycles. The van der Waals surface area contributed by atoms with Gasteiger partial charge in [0.05, 0.1) is 19.8 Å². The highest BCUT2D eigenvalue weighted by Gasteiger charge is 2.15. The van der Waals surface area contributed by atoms with Crippen molar-refractivity contribution in [3.63, 3.8) is 0 Å². The van der Waals surface area contributed by atoms with Gasteiger partial charge in [0.25, 0.3) is 17.9 Å². The highest BCUT2D eigenvalue weighted by Crippen LogP contribution is 2.13. The highest BCUT2D eigenvalue weighted by atomic mass is 16.5. The molecule has 0 aliphatic carbocycles. The van der Waals surface area contributed by atoms with E-state index in [0.717, 1.165) is 32.1 Å². The second-order valence-electron chi connectivity index (χ2n) is 4.93. The first-order valence-corrected chi connectivity index (χ1v) is 7.55. The Morgan fingerprint density at radius 3 is 1.44 bits per heavy atom. The number of carbonyl (C=O) groups is 3. The van der Waals surface area contributed by atoms with E-state index in [-0.39, 0.29) is 0 Å². The van der Waals surface area contributed by atoms with Crippen LogP contribution in [0.25, 0.3) is 0 Å². The molecule has 0 aliphatic rings. The van der Waals surface area contributed by atoms with E-state index in [4.69, 9.17) is 44.7 Å². The van der Waals surface area contributed by atoms with Crippen LogP contribution >= 0.6 is 0 Å². The summed E-state index contributed by atoms with van der Waals surface area (Å²) < 4.78 is 4.99. The average molecular weight is 392 g/mol. The lowest BCUT2D eigenvalue weighted by atomic mass is 10.0. The molecule has 2 atom stereocenters. The van der Waals surface area contributed by atoms with Gasteiger partial charge in [-0.05, 0) is 17.7 Å². The van der Waals surface area contributed by atoms with E-state index in [1.165, 1.54) is 0 Å². The fourth-order valence-electron chi connectivity index (χ4n) is 1.26. The summed E-state index contributed by atoms with van der Waals surface area (Å²) in [6, 6.07) is 7.19. The Balaban J connectivity index is -0.000000394. The molecule has 0 saturated heterocycles. The molecule has 0 fully saturated rings. The maximum Gasteiger partial charge on any atom is 0.300 e. The fraction of sp³-hybridized carbons (Fsp3) is 0.471. The number of aliphatic carboxylic acids is 3. The van der Waals surface area contributed by atoms with Crippen LogP contribution in [0.3, 0.4) is 0 Å². The lowest BCUT2D eigenvalue weighted by molar-refractivity contribution is -0.135. The number of aliphatic hydroxyl groups excluding tert-OH is 3. The van der Waals surface area contributed by atoms with Crippen LogP contribution in [0, 0.1) is 0 Å². The zero-order chi connectivity index (χ0) is 22.0. The van der Waals surface area contributed by atoms with Crippen LogP contribution < -0.4 is 4.74 Å². The molecule has 1 rings (SSSR count). The quantitative estimate of drug-likeness (QED) is 0.405. The van der Waals surface area contributed by atoms with Gasteiger partial charge in [0.15, 0.2) is 0 Å². The van der Waals surface area contributed by atoms with Gasteiger partial charge in [0.1, 0.15) is 11.9 Å². The second kappa shape index (κ2) is 18.1. The number of carboxylic acids is 3. The van der Waals surface area contributed by atoms with Crippen LogP contribution in [0.2, 0.25) is 0 Å². The summed E-state index contributed by atoms with van der Waals surface area (Å²) in [5.74, 6) is -1.75.